The van der Waals surface area contributed by atoms with Gasteiger partial charge >= 0.3 is 0 Å². The van der Waals surface area contributed by atoms with Gasteiger partial charge in [0.2, 0.25) is 11.8 Å². The maximum atomic E-state index is 13.9. The molecule has 1 aromatic heterocycles. The van der Waals surface area contributed by atoms with Crippen molar-refractivity contribution in [3.05, 3.63) is 41.3 Å². The van der Waals surface area contributed by atoms with E-state index in [4.69, 9.17) is 9.26 Å². The van der Waals surface area contributed by atoms with Gasteiger partial charge in [0.15, 0.2) is 17.4 Å². The highest BCUT2D eigenvalue weighted by Crippen LogP contribution is 2.34. The van der Waals surface area contributed by atoms with Gasteiger partial charge in [0.1, 0.15) is 6.04 Å². The zero-order chi connectivity index (χ0) is 17.3. The number of rotatable bonds is 5. The van der Waals surface area contributed by atoms with Gasteiger partial charge in [-0.2, -0.15) is 4.98 Å². The number of halogens is 1. The number of nitrogens with zero attached hydrogens (tertiary/aromatic N) is 3. The molecular weight excluding hydrogens is 313 g/mol. The van der Waals surface area contributed by atoms with Crippen LogP contribution in [0.25, 0.3) is 0 Å². The molecule has 1 amide bonds. The first-order valence-corrected chi connectivity index (χ1v) is 7.95. The maximum absolute atomic E-state index is 13.9. The molecule has 1 atom stereocenters. The summed E-state index contributed by atoms with van der Waals surface area (Å²) >= 11 is 0. The zero-order valence-electron chi connectivity index (χ0n) is 14.0. The van der Waals surface area contributed by atoms with Gasteiger partial charge in [0.05, 0.1) is 7.11 Å². The van der Waals surface area contributed by atoms with E-state index in [9.17, 15) is 9.18 Å². The smallest absolute Gasteiger partial charge is 0.249 e. The minimum Gasteiger partial charge on any atom is -0.494 e. The fourth-order valence-electron chi connectivity index (χ4n) is 2.81. The molecule has 1 aliphatic rings. The summed E-state index contributed by atoms with van der Waals surface area (Å²) in [6.45, 7) is 4.25. The van der Waals surface area contributed by atoms with Crippen LogP contribution in [-0.2, 0) is 11.3 Å². The van der Waals surface area contributed by atoms with Crippen molar-refractivity contribution in [3.8, 4) is 5.75 Å². The summed E-state index contributed by atoms with van der Waals surface area (Å²) in [5.74, 6) is 0.960. The number of hydrogen-bond donors (Lipinski definition) is 0. The highest BCUT2D eigenvalue weighted by atomic mass is 19.1. The van der Waals surface area contributed by atoms with Gasteiger partial charge in [-0.15, -0.1) is 0 Å². The van der Waals surface area contributed by atoms with Crippen LogP contribution >= 0.6 is 0 Å². The maximum Gasteiger partial charge on any atom is 0.249 e. The third-order valence-electron chi connectivity index (χ3n) is 4.16. The molecule has 3 rings (SSSR count). The molecule has 1 unspecified atom stereocenters. The van der Waals surface area contributed by atoms with E-state index in [2.05, 4.69) is 10.1 Å². The molecule has 0 N–H and O–H groups in total. The third-order valence-corrected chi connectivity index (χ3v) is 4.16. The molecule has 1 fully saturated rings. The van der Waals surface area contributed by atoms with Crippen LogP contribution in [0, 0.1) is 5.82 Å². The van der Waals surface area contributed by atoms with Gasteiger partial charge in [-0.1, -0.05) is 25.1 Å². The Kier molecular flexibility index (Phi) is 4.51. The van der Waals surface area contributed by atoms with Crippen molar-refractivity contribution in [3.63, 3.8) is 0 Å². The number of benzene rings is 1. The first-order valence-electron chi connectivity index (χ1n) is 7.95. The fraction of sp³-hybridized carbons (Fsp3) is 0.471. The molecule has 0 spiro atoms. The number of likely N-dealkylation sites (tertiary alicyclic amines) is 1. The van der Waals surface area contributed by atoms with Crippen LogP contribution in [-0.4, -0.2) is 28.1 Å². The Bertz CT molecular complexity index is 744. The third kappa shape index (κ3) is 3.11. The van der Waals surface area contributed by atoms with E-state index in [-0.39, 0.29) is 23.6 Å². The topological polar surface area (TPSA) is 68.5 Å². The van der Waals surface area contributed by atoms with Gasteiger partial charge in [0.25, 0.3) is 0 Å². The van der Waals surface area contributed by atoms with Crippen LogP contribution in [0.15, 0.2) is 22.7 Å². The van der Waals surface area contributed by atoms with Crippen LogP contribution in [0.2, 0.25) is 0 Å². The van der Waals surface area contributed by atoms with E-state index >= 15 is 0 Å². The molecule has 0 aliphatic carbocycles. The summed E-state index contributed by atoms with van der Waals surface area (Å²) in [5.41, 5.74) is 0.692. The van der Waals surface area contributed by atoms with Crippen LogP contribution in [0.3, 0.4) is 0 Å². The first-order chi connectivity index (χ1) is 11.5. The summed E-state index contributed by atoms with van der Waals surface area (Å²) in [4.78, 5) is 18.3. The minimum atomic E-state index is -0.446. The predicted molar refractivity (Wildman–Crippen MR) is 83.9 cm³/mol. The standard InChI is InChI=1S/C17H20FN3O3/c1-10(2)16-19-17(24-20-16)13-5-7-15(22)21(13)9-11-4-6-14(23-3)12(18)8-11/h4,6,8,10,13H,5,7,9H2,1-3H3. The zero-order valence-corrected chi connectivity index (χ0v) is 14.0. The molecular formula is C17H20FN3O3. The summed E-state index contributed by atoms with van der Waals surface area (Å²) in [5, 5.41) is 3.96. The molecule has 1 aliphatic heterocycles. The normalized spacial score (nSPS) is 17.8. The average Bonchev–Trinajstić information content (AvgIpc) is 3.16. The second kappa shape index (κ2) is 6.59. The number of carbonyl (C=O) groups is 1. The molecule has 2 heterocycles. The van der Waals surface area contributed by atoms with Gasteiger partial charge < -0.3 is 14.2 Å². The molecule has 1 saturated heterocycles. The second-order valence-electron chi connectivity index (χ2n) is 6.19. The van der Waals surface area contributed by atoms with Crippen LogP contribution < -0.4 is 4.74 Å². The predicted octanol–water partition coefficient (Wildman–Crippen LogP) is 3.20. The Morgan fingerprint density at radius 1 is 1.46 bits per heavy atom. The van der Waals surface area contributed by atoms with Crippen molar-refractivity contribution >= 4 is 5.91 Å². The summed E-state index contributed by atoms with van der Waals surface area (Å²) < 4.78 is 24.1. The molecule has 1 aromatic carbocycles. The van der Waals surface area contributed by atoms with E-state index in [1.54, 1.807) is 17.0 Å². The summed E-state index contributed by atoms with van der Waals surface area (Å²) in [6, 6.07) is 4.43. The molecule has 2 aromatic rings. The Hall–Kier alpha value is -2.44. The molecule has 24 heavy (non-hydrogen) atoms. The van der Waals surface area contributed by atoms with E-state index in [1.165, 1.54) is 13.2 Å². The van der Waals surface area contributed by atoms with Gasteiger partial charge in [-0.05, 0) is 24.1 Å². The van der Waals surface area contributed by atoms with E-state index in [1.807, 2.05) is 13.8 Å². The van der Waals surface area contributed by atoms with E-state index < -0.39 is 5.82 Å². The number of aromatic nitrogens is 2. The molecule has 0 saturated carbocycles. The first kappa shape index (κ1) is 16.4. The monoisotopic (exact) mass is 333 g/mol. The number of carbonyl (C=O) groups excluding carboxylic acids is 1. The van der Waals surface area contributed by atoms with Crippen LogP contribution in [0.4, 0.5) is 4.39 Å². The lowest BCUT2D eigenvalue weighted by molar-refractivity contribution is -0.130. The SMILES string of the molecule is COc1ccc(CN2C(=O)CCC2c2nc(C(C)C)no2)cc1F. The van der Waals surface area contributed by atoms with Gasteiger partial charge in [0, 0.05) is 18.9 Å². The number of hydrogen-bond acceptors (Lipinski definition) is 5. The Morgan fingerprint density at radius 3 is 2.88 bits per heavy atom. The fourth-order valence-corrected chi connectivity index (χ4v) is 2.81. The highest BCUT2D eigenvalue weighted by Gasteiger charge is 2.36. The lowest BCUT2D eigenvalue weighted by Gasteiger charge is -2.22. The quantitative estimate of drug-likeness (QED) is 0.840. The number of methoxy groups -OCH3 is 1. The van der Waals surface area contributed by atoms with Crippen LogP contribution in [0.5, 0.6) is 5.75 Å². The Labute approximate surface area is 139 Å². The van der Waals surface area contributed by atoms with E-state index in [0.29, 0.717) is 36.7 Å². The lowest BCUT2D eigenvalue weighted by atomic mass is 10.1. The van der Waals surface area contributed by atoms with Crippen molar-refractivity contribution in [1.82, 2.24) is 15.0 Å². The lowest BCUT2D eigenvalue weighted by Crippen LogP contribution is -2.27. The molecule has 7 heteroatoms. The van der Waals surface area contributed by atoms with Crippen molar-refractivity contribution in [2.45, 2.75) is 45.2 Å². The molecule has 0 bridgehead atoms. The summed E-state index contributed by atoms with van der Waals surface area (Å²) in [6.07, 6.45) is 1.04. The van der Waals surface area contributed by atoms with E-state index in [0.717, 1.165) is 0 Å². The largest absolute Gasteiger partial charge is 0.494 e. The number of ether oxygens (including phenoxy) is 1. The number of amides is 1. The Balaban J connectivity index is 1.81. The molecule has 128 valence electrons. The Morgan fingerprint density at radius 2 is 2.25 bits per heavy atom. The average molecular weight is 333 g/mol. The van der Waals surface area contributed by atoms with Crippen molar-refractivity contribution in [2.75, 3.05) is 7.11 Å². The van der Waals surface area contributed by atoms with Crippen molar-refractivity contribution in [2.24, 2.45) is 0 Å². The second-order valence-corrected chi connectivity index (χ2v) is 6.19. The highest BCUT2D eigenvalue weighted by molar-refractivity contribution is 5.78. The van der Waals surface area contributed by atoms with Crippen LogP contribution in [0.1, 0.15) is 55.9 Å². The van der Waals surface area contributed by atoms with Crippen molar-refractivity contribution in [1.29, 1.82) is 0 Å². The van der Waals surface area contributed by atoms with Gasteiger partial charge in [-0.25, -0.2) is 4.39 Å². The molecule has 0 radical (unpaired) electrons. The minimum absolute atomic E-state index is 0.000484. The van der Waals surface area contributed by atoms with Crippen molar-refractivity contribution < 1.29 is 18.4 Å². The van der Waals surface area contributed by atoms with Gasteiger partial charge in [-0.3, -0.25) is 4.79 Å². The molecule has 6 nitrogen and oxygen atoms in total. The summed E-state index contributed by atoms with van der Waals surface area (Å²) in [7, 11) is 1.42.